The third-order valence-electron chi connectivity index (χ3n) is 2.09. The number of rotatable bonds is 2. The summed E-state index contributed by atoms with van der Waals surface area (Å²) in [6, 6.07) is 3.18. The number of nitriles is 1. The van der Waals surface area contributed by atoms with E-state index in [0.29, 0.717) is 11.2 Å². The van der Waals surface area contributed by atoms with Crippen molar-refractivity contribution in [3.63, 3.8) is 0 Å². The standard InChI is InChI=1S/C9H8N4O2/c10-2-7(14)8(15)5-1-6-4-12-13-9(6)11-3-5/h1,3-4,7-8,14-15H,(H,11,12,13). The molecule has 0 radical (unpaired) electrons. The third kappa shape index (κ3) is 1.66. The van der Waals surface area contributed by atoms with Gasteiger partial charge in [-0.15, -0.1) is 0 Å². The van der Waals surface area contributed by atoms with Gasteiger partial charge in [-0.1, -0.05) is 0 Å². The van der Waals surface area contributed by atoms with Gasteiger partial charge in [0.1, 0.15) is 6.10 Å². The van der Waals surface area contributed by atoms with E-state index in [1.165, 1.54) is 6.20 Å². The molecule has 0 amide bonds. The van der Waals surface area contributed by atoms with Gasteiger partial charge in [-0.25, -0.2) is 4.98 Å². The number of hydrogen-bond acceptors (Lipinski definition) is 5. The molecular formula is C9H8N4O2. The summed E-state index contributed by atoms with van der Waals surface area (Å²) in [6.07, 6.45) is 0.251. The van der Waals surface area contributed by atoms with E-state index >= 15 is 0 Å². The van der Waals surface area contributed by atoms with E-state index in [1.54, 1.807) is 18.3 Å². The van der Waals surface area contributed by atoms with Crippen LogP contribution < -0.4 is 0 Å². The molecule has 0 saturated heterocycles. The van der Waals surface area contributed by atoms with Crippen molar-refractivity contribution < 1.29 is 10.2 Å². The summed E-state index contributed by atoms with van der Waals surface area (Å²) >= 11 is 0. The van der Waals surface area contributed by atoms with Crippen molar-refractivity contribution in [3.8, 4) is 6.07 Å². The van der Waals surface area contributed by atoms with Crippen LogP contribution in [0.3, 0.4) is 0 Å². The summed E-state index contributed by atoms with van der Waals surface area (Å²) in [4.78, 5) is 3.98. The predicted molar refractivity (Wildman–Crippen MR) is 50.5 cm³/mol. The lowest BCUT2D eigenvalue weighted by Gasteiger charge is -2.10. The number of aromatic nitrogens is 3. The number of pyridine rings is 1. The first-order valence-electron chi connectivity index (χ1n) is 4.27. The number of hydrogen-bond donors (Lipinski definition) is 3. The number of aliphatic hydroxyl groups excluding tert-OH is 2. The number of aliphatic hydroxyl groups is 2. The topological polar surface area (TPSA) is 106 Å². The molecule has 0 aromatic carbocycles. The Kier molecular flexibility index (Phi) is 2.33. The SMILES string of the molecule is N#CC(O)C(O)c1cnc2[nH]ncc2c1. The van der Waals surface area contributed by atoms with Crippen LogP contribution in [0.4, 0.5) is 0 Å². The second-order valence-corrected chi connectivity index (χ2v) is 3.10. The zero-order valence-electron chi connectivity index (χ0n) is 7.62. The fourth-order valence-electron chi connectivity index (χ4n) is 1.27. The molecule has 2 aromatic rings. The van der Waals surface area contributed by atoms with Crippen LogP contribution in [0.1, 0.15) is 11.7 Å². The normalized spacial score (nSPS) is 14.7. The van der Waals surface area contributed by atoms with Gasteiger partial charge in [-0.05, 0) is 6.07 Å². The molecule has 15 heavy (non-hydrogen) atoms. The Morgan fingerprint density at radius 1 is 1.40 bits per heavy atom. The highest BCUT2D eigenvalue weighted by Crippen LogP contribution is 2.19. The molecule has 76 valence electrons. The molecule has 0 spiro atoms. The van der Waals surface area contributed by atoms with E-state index in [1.807, 2.05) is 0 Å². The summed E-state index contributed by atoms with van der Waals surface area (Å²) in [6.45, 7) is 0. The van der Waals surface area contributed by atoms with Crippen LogP contribution in [0.25, 0.3) is 11.0 Å². The van der Waals surface area contributed by atoms with E-state index in [4.69, 9.17) is 10.4 Å². The molecule has 0 aliphatic rings. The Balaban J connectivity index is 2.40. The number of aromatic amines is 1. The molecule has 3 N–H and O–H groups in total. The number of H-pyrrole nitrogens is 1. The molecule has 6 heteroatoms. The summed E-state index contributed by atoms with van der Waals surface area (Å²) < 4.78 is 0. The second-order valence-electron chi connectivity index (χ2n) is 3.10. The lowest BCUT2D eigenvalue weighted by Crippen LogP contribution is -2.15. The Labute approximate surface area is 84.8 Å². The van der Waals surface area contributed by atoms with Crippen LogP contribution in [0.15, 0.2) is 18.5 Å². The first-order valence-corrected chi connectivity index (χ1v) is 4.27. The van der Waals surface area contributed by atoms with Gasteiger partial charge in [0.05, 0.1) is 12.3 Å². The Morgan fingerprint density at radius 3 is 2.93 bits per heavy atom. The van der Waals surface area contributed by atoms with Crippen molar-refractivity contribution in [2.45, 2.75) is 12.2 Å². The summed E-state index contributed by atoms with van der Waals surface area (Å²) in [5.74, 6) is 0. The molecule has 2 rings (SSSR count). The maximum atomic E-state index is 9.54. The van der Waals surface area contributed by atoms with Gasteiger partial charge < -0.3 is 10.2 Å². The molecule has 0 aliphatic heterocycles. The molecule has 2 unspecified atom stereocenters. The van der Waals surface area contributed by atoms with Crippen LogP contribution in [0, 0.1) is 11.3 Å². The van der Waals surface area contributed by atoms with Crippen molar-refractivity contribution in [2.24, 2.45) is 0 Å². The molecule has 0 fully saturated rings. The maximum absolute atomic E-state index is 9.54. The number of fused-ring (bicyclic) bond motifs is 1. The molecule has 2 heterocycles. The molecule has 6 nitrogen and oxygen atoms in total. The lowest BCUT2D eigenvalue weighted by molar-refractivity contribution is 0.0527. The minimum absolute atomic E-state index is 0.387. The average Bonchev–Trinajstić information content (AvgIpc) is 2.73. The highest BCUT2D eigenvalue weighted by atomic mass is 16.3. The highest BCUT2D eigenvalue weighted by Gasteiger charge is 2.18. The van der Waals surface area contributed by atoms with Crippen LogP contribution in [0.2, 0.25) is 0 Å². The van der Waals surface area contributed by atoms with Gasteiger partial charge in [0, 0.05) is 17.1 Å². The van der Waals surface area contributed by atoms with Crippen molar-refractivity contribution >= 4 is 11.0 Å². The first-order chi connectivity index (χ1) is 7.22. The van der Waals surface area contributed by atoms with Gasteiger partial charge in [-0.3, -0.25) is 5.10 Å². The largest absolute Gasteiger partial charge is 0.384 e. The van der Waals surface area contributed by atoms with E-state index in [9.17, 15) is 5.11 Å². The fraction of sp³-hybridized carbons (Fsp3) is 0.222. The van der Waals surface area contributed by atoms with Gasteiger partial charge >= 0.3 is 0 Å². The number of nitrogens with zero attached hydrogens (tertiary/aromatic N) is 3. The van der Waals surface area contributed by atoms with Crippen molar-refractivity contribution in [3.05, 3.63) is 24.0 Å². The predicted octanol–water partition coefficient (Wildman–Crippen LogP) is -0.124. The van der Waals surface area contributed by atoms with Crippen LogP contribution in [-0.2, 0) is 0 Å². The molecular weight excluding hydrogens is 196 g/mol. The smallest absolute Gasteiger partial charge is 0.170 e. The van der Waals surface area contributed by atoms with E-state index < -0.39 is 12.2 Å². The van der Waals surface area contributed by atoms with E-state index in [2.05, 4.69) is 15.2 Å². The summed E-state index contributed by atoms with van der Waals surface area (Å²) in [5, 5.41) is 34.3. The minimum Gasteiger partial charge on any atom is -0.384 e. The lowest BCUT2D eigenvalue weighted by atomic mass is 10.1. The Bertz CT molecular complexity index is 516. The number of nitrogens with one attached hydrogen (secondary N) is 1. The third-order valence-corrected chi connectivity index (χ3v) is 2.09. The summed E-state index contributed by atoms with van der Waals surface area (Å²) in [5.41, 5.74) is 0.982. The van der Waals surface area contributed by atoms with E-state index in [0.717, 1.165) is 5.39 Å². The van der Waals surface area contributed by atoms with Gasteiger partial charge in [0.2, 0.25) is 0 Å². The minimum atomic E-state index is -1.45. The van der Waals surface area contributed by atoms with Crippen molar-refractivity contribution in [1.82, 2.24) is 15.2 Å². The Morgan fingerprint density at radius 2 is 2.20 bits per heavy atom. The quantitative estimate of drug-likeness (QED) is 0.591. The molecule has 2 aromatic heterocycles. The van der Waals surface area contributed by atoms with Crippen molar-refractivity contribution in [1.29, 1.82) is 5.26 Å². The van der Waals surface area contributed by atoms with Crippen LogP contribution in [-0.4, -0.2) is 31.5 Å². The monoisotopic (exact) mass is 204 g/mol. The zero-order valence-corrected chi connectivity index (χ0v) is 7.62. The zero-order chi connectivity index (χ0) is 10.8. The fourth-order valence-corrected chi connectivity index (χ4v) is 1.27. The van der Waals surface area contributed by atoms with Crippen LogP contribution in [0.5, 0.6) is 0 Å². The average molecular weight is 204 g/mol. The molecule has 0 aliphatic carbocycles. The second kappa shape index (κ2) is 3.65. The molecule has 2 atom stereocenters. The van der Waals surface area contributed by atoms with Gasteiger partial charge in [-0.2, -0.15) is 10.4 Å². The van der Waals surface area contributed by atoms with Crippen LogP contribution >= 0.6 is 0 Å². The van der Waals surface area contributed by atoms with Gasteiger partial charge in [0.25, 0.3) is 0 Å². The summed E-state index contributed by atoms with van der Waals surface area (Å²) in [7, 11) is 0. The molecule has 0 bridgehead atoms. The van der Waals surface area contributed by atoms with Crippen molar-refractivity contribution in [2.75, 3.05) is 0 Å². The maximum Gasteiger partial charge on any atom is 0.170 e. The van der Waals surface area contributed by atoms with E-state index in [-0.39, 0.29) is 0 Å². The highest BCUT2D eigenvalue weighted by molar-refractivity contribution is 5.74. The van der Waals surface area contributed by atoms with Gasteiger partial charge in [0.15, 0.2) is 11.8 Å². The first kappa shape index (κ1) is 9.58. The Hall–Kier alpha value is -1.97. The molecule has 0 saturated carbocycles.